The van der Waals surface area contributed by atoms with Crippen LogP contribution in [-0.4, -0.2) is 21.6 Å². The number of aromatic nitrogens is 2. The quantitative estimate of drug-likeness (QED) is 0.891. The highest BCUT2D eigenvalue weighted by Gasteiger charge is 2.12. The Morgan fingerprint density at radius 3 is 2.68 bits per heavy atom. The molecule has 0 aliphatic rings. The summed E-state index contributed by atoms with van der Waals surface area (Å²) < 4.78 is 2.01. The second kappa shape index (κ2) is 6.17. The van der Waals surface area contributed by atoms with Crippen molar-refractivity contribution >= 4 is 0 Å². The number of benzene rings is 1. The van der Waals surface area contributed by atoms with Gasteiger partial charge in [-0.1, -0.05) is 30.3 Å². The summed E-state index contributed by atoms with van der Waals surface area (Å²) in [7, 11) is 0. The van der Waals surface area contributed by atoms with Crippen LogP contribution in [0.1, 0.15) is 13.8 Å². The minimum Gasteiger partial charge on any atom is -0.328 e. The molecule has 1 N–H and O–H groups in total. The van der Waals surface area contributed by atoms with Crippen LogP contribution in [-0.2, 0) is 6.54 Å². The summed E-state index contributed by atoms with van der Waals surface area (Å²) in [4.78, 5) is 4.38. The molecule has 0 fully saturated rings. The fourth-order valence-electron chi connectivity index (χ4n) is 2.03. The zero-order valence-electron chi connectivity index (χ0n) is 11.2. The summed E-state index contributed by atoms with van der Waals surface area (Å²) in [5.74, 6) is 0.895. The van der Waals surface area contributed by atoms with E-state index in [4.69, 9.17) is 0 Å². The standard InChI is InChI=1S/C15H18N4/c1-12(2)18-14(10-16)11-19-9-8-17-15(19)13-6-4-3-5-7-13/h3-9,12,14,18H,11H2,1-2H3. The van der Waals surface area contributed by atoms with Crippen molar-refractivity contribution in [3.63, 3.8) is 0 Å². The molecule has 0 saturated carbocycles. The lowest BCUT2D eigenvalue weighted by Gasteiger charge is -2.16. The van der Waals surface area contributed by atoms with Crippen molar-refractivity contribution in [3.8, 4) is 17.5 Å². The van der Waals surface area contributed by atoms with Gasteiger partial charge in [0.05, 0.1) is 12.6 Å². The third kappa shape index (κ3) is 3.43. The Kier molecular flexibility index (Phi) is 4.32. The van der Waals surface area contributed by atoms with Gasteiger partial charge in [-0.05, 0) is 13.8 Å². The second-order valence-electron chi connectivity index (χ2n) is 4.77. The second-order valence-corrected chi connectivity index (χ2v) is 4.77. The van der Waals surface area contributed by atoms with Crippen molar-refractivity contribution in [1.29, 1.82) is 5.26 Å². The third-order valence-corrected chi connectivity index (χ3v) is 2.82. The van der Waals surface area contributed by atoms with Crippen LogP contribution in [0.4, 0.5) is 0 Å². The molecular weight excluding hydrogens is 236 g/mol. The molecule has 0 aliphatic heterocycles. The Morgan fingerprint density at radius 1 is 1.32 bits per heavy atom. The molecule has 0 aliphatic carbocycles. The van der Waals surface area contributed by atoms with Crippen LogP contribution in [0.15, 0.2) is 42.7 Å². The molecule has 1 unspecified atom stereocenters. The van der Waals surface area contributed by atoms with Crippen LogP contribution >= 0.6 is 0 Å². The molecule has 1 aromatic heterocycles. The van der Waals surface area contributed by atoms with E-state index in [0.717, 1.165) is 11.4 Å². The lowest BCUT2D eigenvalue weighted by molar-refractivity contribution is 0.479. The van der Waals surface area contributed by atoms with E-state index in [-0.39, 0.29) is 12.1 Å². The highest BCUT2D eigenvalue weighted by atomic mass is 15.1. The molecule has 1 aromatic carbocycles. The van der Waals surface area contributed by atoms with Gasteiger partial charge >= 0.3 is 0 Å². The summed E-state index contributed by atoms with van der Waals surface area (Å²) in [5.41, 5.74) is 1.06. The largest absolute Gasteiger partial charge is 0.328 e. The maximum atomic E-state index is 9.19. The molecule has 0 spiro atoms. The molecule has 98 valence electrons. The maximum Gasteiger partial charge on any atom is 0.139 e. The van der Waals surface area contributed by atoms with Crippen molar-refractivity contribution in [2.75, 3.05) is 0 Å². The van der Waals surface area contributed by atoms with Gasteiger partial charge in [0.25, 0.3) is 0 Å². The predicted molar refractivity (Wildman–Crippen MR) is 75.3 cm³/mol. The molecule has 19 heavy (non-hydrogen) atoms. The topological polar surface area (TPSA) is 53.6 Å². The first-order valence-electron chi connectivity index (χ1n) is 6.43. The predicted octanol–water partition coefficient (Wildman–Crippen LogP) is 2.44. The molecule has 0 radical (unpaired) electrons. The normalized spacial score (nSPS) is 12.3. The molecule has 0 bridgehead atoms. The van der Waals surface area contributed by atoms with E-state index in [1.807, 2.05) is 54.9 Å². The van der Waals surface area contributed by atoms with Crippen molar-refractivity contribution < 1.29 is 0 Å². The summed E-state index contributed by atoms with van der Waals surface area (Å²) in [6, 6.07) is 12.4. The average molecular weight is 254 g/mol. The van der Waals surface area contributed by atoms with Crippen LogP contribution < -0.4 is 5.32 Å². The number of rotatable bonds is 5. The van der Waals surface area contributed by atoms with Gasteiger partial charge in [0, 0.05) is 24.0 Å². The monoisotopic (exact) mass is 254 g/mol. The van der Waals surface area contributed by atoms with Gasteiger partial charge in [0.15, 0.2) is 0 Å². The smallest absolute Gasteiger partial charge is 0.139 e. The number of nitriles is 1. The van der Waals surface area contributed by atoms with Crippen LogP contribution in [0.3, 0.4) is 0 Å². The zero-order chi connectivity index (χ0) is 13.7. The summed E-state index contributed by atoms with van der Waals surface area (Å²) >= 11 is 0. The Morgan fingerprint density at radius 2 is 2.05 bits per heavy atom. The van der Waals surface area contributed by atoms with E-state index in [1.165, 1.54) is 0 Å². The summed E-state index contributed by atoms with van der Waals surface area (Å²) in [5, 5.41) is 12.4. The van der Waals surface area contributed by atoms with Crippen LogP contribution in [0.25, 0.3) is 11.4 Å². The highest BCUT2D eigenvalue weighted by molar-refractivity contribution is 5.55. The minimum atomic E-state index is -0.211. The van der Waals surface area contributed by atoms with E-state index < -0.39 is 0 Å². The van der Waals surface area contributed by atoms with Crippen LogP contribution in [0.5, 0.6) is 0 Å². The Hall–Kier alpha value is -2.12. The van der Waals surface area contributed by atoms with Crippen LogP contribution in [0.2, 0.25) is 0 Å². The molecular formula is C15H18N4. The van der Waals surface area contributed by atoms with E-state index in [1.54, 1.807) is 6.20 Å². The Balaban J connectivity index is 2.19. The SMILES string of the molecule is CC(C)NC(C#N)Cn1ccnc1-c1ccccc1. The molecule has 0 amide bonds. The van der Waals surface area contributed by atoms with Gasteiger partial charge in [-0.15, -0.1) is 0 Å². The van der Waals surface area contributed by atoms with Gasteiger partial charge in [0.1, 0.15) is 11.9 Å². The van der Waals surface area contributed by atoms with Gasteiger partial charge in [-0.2, -0.15) is 5.26 Å². The van der Waals surface area contributed by atoms with E-state index in [2.05, 4.69) is 16.4 Å². The third-order valence-electron chi connectivity index (χ3n) is 2.82. The minimum absolute atomic E-state index is 0.211. The van der Waals surface area contributed by atoms with E-state index in [9.17, 15) is 5.26 Å². The fourth-order valence-corrected chi connectivity index (χ4v) is 2.03. The number of hydrogen-bond donors (Lipinski definition) is 1. The van der Waals surface area contributed by atoms with Gasteiger partial charge in [-0.25, -0.2) is 4.98 Å². The number of imidazole rings is 1. The van der Waals surface area contributed by atoms with Crippen LogP contribution in [0, 0.1) is 11.3 Å². The van der Waals surface area contributed by atoms with Gasteiger partial charge in [0.2, 0.25) is 0 Å². The molecule has 1 atom stereocenters. The van der Waals surface area contributed by atoms with E-state index >= 15 is 0 Å². The summed E-state index contributed by atoms with van der Waals surface area (Å²) in [6.45, 7) is 4.67. The molecule has 1 heterocycles. The average Bonchev–Trinajstić information content (AvgIpc) is 2.86. The molecule has 2 rings (SSSR count). The zero-order valence-corrected chi connectivity index (χ0v) is 11.2. The lowest BCUT2D eigenvalue weighted by Crippen LogP contribution is -2.36. The van der Waals surface area contributed by atoms with Gasteiger partial charge in [-0.3, -0.25) is 5.32 Å². The lowest BCUT2D eigenvalue weighted by atomic mass is 10.2. The molecule has 4 heteroatoms. The van der Waals surface area contributed by atoms with Crippen molar-refractivity contribution in [1.82, 2.24) is 14.9 Å². The van der Waals surface area contributed by atoms with Gasteiger partial charge < -0.3 is 4.57 Å². The highest BCUT2D eigenvalue weighted by Crippen LogP contribution is 2.16. The van der Waals surface area contributed by atoms with Crippen molar-refractivity contribution in [2.24, 2.45) is 0 Å². The summed E-state index contributed by atoms with van der Waals surface area (Å²) in [6.07, 6.45) is 3.68. The molecule has 0 saturated heterocycles. The Bertz CT molecular complexity index is 551. The van der Waals surface area contributed by atoms with Crippen molar-refractivity contribution in [3.05, 3.63) is 42.7 Å². The Labute approximate surface area is 113 Å². The van der Waals surface area contributed by atoms with Crippen molar-refractivity contribution in [2.45, 2.75) is 32.5 Å². The number of nitrogens with zero attached hydrogens (tertiary/aromatic N) is 3. The van der Waals surface area contributed by atoms with E-state index in [0.29, 0.717) is 6.54 Å². The first-order chi connectivity index (χ1) is 9.20. The molecule has 2 aromatic rings. The fraction of sp³-hybridized carbons (Fsp3) is 0.333. The number of nitrogens with one attached hydrogen (secondary N) is 1. The first kappa shape index (κ1) is 13.3. The maximum absolute atomic E-state index is 9.19. The number of hydrogen-bond acceptors (Lipinski definition) is 3. The first-order valence-corrected chi connectivity index (χ1v) is 6.43. The molecule has 4 nitrogen and oxygen atoms in total.